The molecule has 0 aromatic carbocycles. The number of carbonyl (C=O) groups is 2. The minimum atomic E-state index is -0.930. The van der Waals surface area contributed by atoms with E-state index in [0.717, 1.165) is 0 Å². The van der Waals surface area contributed by atoms with Crippen molar-refractivity contribution in [3.8, 4) is 0 Å². The molecule has 1 unspecified atom stereocenters. The molecule has 0 bridgehead atoms. The monoisotopic (exact) mass is 254 g/mol. The van der Waals surface area contributed by atoms with Crippen molar-refractivity contribution in [2.45, 2.75) is 25.9 Å². The molecule has 1 heterocycles. The normalized spacial score (nSPS) is 13.7. The summed E-state index contributed by atoms with van der Waals surface area (Å²) in [5.74, 6) is -0.649. The first-order valence-electron chi connectivity index (χ1n) is 5.75. The van der Waals surface area contributed by atoms with E-state index < -0.39 is 11.5 Å². The Morgan fingerprint density at radius 2 is 2.17 bits per heavy atom. The summed E-state index contributed by atoms with van der Waals surface area (Å²) in [7, 11) is 0. The summed E-state index contributed by atoms with van der Waals surface area (Å²) in [5, 5.41) is 14.6. The Hall–Kier alpha value is -1.82. The van der Waals surface area contributed by atoms with Gasteiger partial charge in [0.1, 0.15) is 0 Å². The summed E-state index contributed by atoms with van der Waals surface area (Å²) >= 11 is 0. The molecule has 100 valence electrons. The Bertz CT molecular complexity index is 398. The quantitative estimate of drug-likeness (QED) is 0.680. The van der Waals surface area contributed by atoms with Gasteiger partial charge in [-0.15, -0.1) is 0 Å². The number of amides is 2. The zero-order valence-corrected chi connectivity index (χ0v) is 10.5. The minimum absolute atomic E-state index is 0.152. The third kappa shape index (κ3) is 4.58. The van der Waals surface area contributed by atoms with Gasteiger partial charge in [0.25, 0.3) is 5.91 Å². The molecule has 0 fully saturated rings. The number of carbonyl (C=O) groups excluding carboxylic acids is 2. The highest BCUT2D eigenvalue weighted by atomic mass is 16.3. The van der Waals surface area contributed by atoms with Crippen molar-refractivity contribution in [3.05, 3.63) is 24.2 Å². The number of hydrogen-bond donors (Lipinski definition) is 3. The highest BCUT2D eigenvalue weighted by Crippen LogP contribution is 2.05. The molecule has 0 aliphatic heterocycles. The van der Waals surface area contributed by atoms with Gasteiger partial charge in [-0.3, -0.25) is 9.59 Å². The lowest BCUT2D eigenvalue weighted by Gasteiger charge is -2.21. The van der Waals surface area contributed by atoms with Crippen LogP contribution in [0.2, 0.25) is 0 Å². The Morgan fingerprint density at radius 1 is 1.44 bits per heavy atom. The number of furan rings is 1. The largest absolute Gasteiger partial charge is 0.459 e. The van der Waals surface area contributed by atoms with E-state index in [0.29, 0.717) is 6.42 Å². The van der Waals surface area contributed by atoms with E-state index >= 15 is 0 Å². The van der Waals surface area contributed by atoms with Crippen LogP contribution in [0.25, 0.3) is 0 Å². The van der Waals surface area contributed by atoms with Gasteiger partial charge in [0.15, 0.2) is 5.76 Å². The van der Waals surface area contributed by atoms with Crippen LogP contribution in [0.4, 0.5) is 0 Å². The maximum absolute atomic E-state index is 11.4. The molecular formula is C12H18N2O4. The van der Waals surface area contributed by atoms with E-state index in [1.54, 1.807) is 13.0 Å². The number of rotatable bonds is 6. The Morgan fingerprint density at radius 3 is 2.72 bits per heavy atom. The zero-order valence-electron chi connectivity index (χ0n) is 10.5. The van der Waals surface area contributed by atoms with Gasteiger partial charge in [-0.1, -0.05) is 6.92 Å². The van der Waals surface area contributed by atoms with Crippen LogP contribution in [0.3, 0.4) is 0 Å². The molecule has 0 radical (unpaired) electrons. The fourth-order valence-electron chi connectivity index (χ4n) is 1.13. The van der Waals surface area contributed by atoms with Crippen LogP contribution >= 0.6 is 0 Å². The summed E-state index contributed by atoms with van der Waals surface area (Å²) in [6, 6.07) is 3.10. The van der Waals surface area contributed by atoms with Crippen molar-refractivity contribution in [2.24, 2.45) is 0 Å². The Balaban J connectivity index is 2.28. The lowest BCUT2D eigenvalue weighted by molar-refractivity contribution is -0.121. The first kappa shape index (κ1) is 14.2. The summed E-state index contributed by atoms with van der Waals surface area (Å²) < 4.78 is 4.88. The van der Waals surface area contributed by atoms with Crippen molar-refractivity contribution in [1.29, 1.82) is 0 Å². The molecule has 6 nitrogen and oxygen atoms in total. The topological polar surface area (TPSA) is 91.6 Å². The van der Waals surface area contributed by atoms with E-state index in [-0.39, 0.29) is 24.8 Å². The molecule has 1 aromatic rings. The van der Waals surface area contributed by atoms with Crippen LogP contribution in [-0.4, -0.2) is 35.6 Å². The second-order valence-electron chi connectivity index (χ2n) is 4.29. The number of aliphatic hydroxyl groups is 1. The second kappa shape index (κ2) is 6.20. The molecular weight excluding hydrogens is 236 g/mol. The van der Waals surface area contributed by atoms with Crippen molar-refractivity contribution in [2.75, 3.05) is 13.1 Å². The maximum Gasteiger partial charge on any atom is 0.287 e. The van der Waals surface area contributed by atoms with Gasteiger partial charge in [0.2, 0.25) is 5.91 Å². The fourth-order valence-corrected chi connectivity index (χ4v) is 1.13. The van der Waals surface area contributed by atoms with Crippen LogP contribution in [0.15, 0.2) is 22.8 Å². The Labute approximate surface area is 105 Å². The molecule has 0 aliphatic rings. The molecule has 1 atom stereocenters. The first-order valence-corrected chi connectivity index (χ1v) is 5.75. The molecule has 0 aliphatic carbocycles. The lowest BCUT2D eigenvalue weighted by Crippen LogP contribution is -2.44. The van der Waals surface area contributed by atoms with Crippen molar-refractivity contribution in [3.63, 3.8) is 0 Å². The fraction of sp³-hybridized carbons (Fsp3) is 0.500. The smallest absolute Gasteiger partial charge is 0.287 e. The van der Waals surface area contributed by atoms with Gasteiger partial charge in [-0.2, -0.15) is 0 Å². The number of nitrogens with one attached hydrogen (secondary N) is 2. The summed E-state index contributed by atoms with van der Waals surface area (Å²) in [6.07, 6.45) is 1.92. The van der Waals surface area contributed by atoms with Crippen LogP contribution in [0.5, 0.6) is 0 Å². The van der Waals surface area contributed by atoms with Gasteiger partial charge in [-0.25, -0.2) is 0 Å². The second-order valence-corrected chi connectivity index (χ2v) is 4.29. The summed E-state index contributed by atoms with van der Waals surface area (Å²) in [4.78, 5) is 22.8. The van der Waals surface area contributed by atoms with Gasteiger partial charge in [0.05, 0.1) is 18.4 Å². The highest BCUT2D eigenvalue weighted by Gasteiger charge is 2.18. The van der Waals surface area contributed by atoms with Crippen LogP contribution < -0.4 is 10.6 Å². The van der Waals surface area contributed by atoms with E-state index in [1.807, 2.05) is 6.92 Å². The third-order valence-electron chi connectivity index (χ3n) is 2.58. The third-order valence-corrected chi connectivity index (χ3v) is 2.58. The summed E-state index contributed by atoms with van der Waals surface area (Å²) in [5.41, 5.74) is -0.930. The molecule has 18 heavy (non-hydrogen) atoms. The van der Waals surface area contributed by atoms with Crippen LogP contribution in [0.1, 0.15) is 30.8 Å². The lowest BCUT2D eigenvalue weighted by atomic mass is 10.0. The van der Waals surface area contributed by atoms with Crippen LogP contribution in [-0.2, 0) is 4.79 Å². The van der Waals surface area contributed by atoms with E-state index in [4.69, 9.17) is 4.42 Å². The Kier molecular flexibility index (Phi) is 4.91. The average molecular weight is 254 g/mol. The zero-order chi connectivity index (χ0) is 13.6. The van der Waals surface area contributed by atoms with E-state index in [2.05, 4.69) is 10.6 Å². The van der Waals surface area contributed by atoms with Gasteiger partial charge in [-0.05, 0) is 25.5 Å². The van der Waals surface area contributed by atoms with Gasteiger partial charge < -0.3 is 20.2 Å². The molecule has 0 saturated heterocycles. The van der Waals surface area contributed by atoms with Crippen molar-refractivity contribution < 1.29 is 19.1 Å². The molecule has 2 amide bonds. The predicted octanol–water partition coefficient (Wildman–Crippen LogP) is 0.287. The SMILES string of the molecule is CCC(C)(O)CNC(=O)CNC(=O)c1ccco1. The molecule has 1 rings (SSSR count). The summed E-state index contributed by atoms with van der Waals surface area (Å²) in [6.45, 7) is 3.46. The highest BCUT2D eigenvalue weighted by molar-refractivity contribution is 5.94. The standard InChI is InChI=1S/C12H18N2O4/c1-3-12(2,17)8-14-10(15)7-13-11(16)9-5-4-6-18-9/h4-6,17H,3,7-8H2,1-2H3,(H,13,16)(H,14,15). The van der Waals surface area contributed by atoms with Gasteiger partial charge in [0, 0.05) is 6.54 Å². The van der Waals surface area contributed by atoms with Crippen molar-refractivity contribution in [1.82, 2.24) is 10.6 Å². The number of hydrogen-bond acceptors (Lipinski definition) is 4. The molecule has 0 saturated carbocycles. The minimum Gasteiger partial charge on any atom is -0.459 e. The molecule has 6 heteroatoms. The van der Waals surface area contributed by atoms with E-state index in [1.165, 1.54) is 12.3 Å². The van der Waals surface area contributed by atoms with Gasteiger partial charge >= 0.3 is 0 Å². The van der Waals surface area contributed by atoms with Crippen molar-refractivity contribution >= 4 is 11.8 Å². The maximum atomic E-state index is 11.4. The van der Waals surface area contributed by atoms with Crippen LogP contribution in [0, 0.1) is 0 Å². The average Bonchev–Trinajstić information content (AvgIpc) is 2.87. The molecule has 0 spiro atoms. The van der Waals surface area contributed by atoms with E-state index in [9.17, 15) is 14.7 Å². The molecule has 3 N–H and O–H groups in total. The predicted molar refractivity (Wildman–Crippen MR) is 65.0 cm³/mol. The first-order chi connectivity index (χ1) is 8.44. The molecule has 1 aromatic heterocycles.